The topological polar surface area (TPSA) is 68.0 Å². The van der Waals surface area contributed by atoms with Crippen molar-refractivity contribution in [2.45, 2.75) is 70.6 Å². The molecule has 1 amide bonds. The van der Waals surface area contributed by atoms with Crippen LogP contribution in [0.3, 0.4) is 0 Å². The van der Waals surface area contributed by atoms with Gasteiger partial charge >= 0.3 is 0 Å². The van der Waals surface area contributed by atoms with Gasteiger partial charge in [-0.1, -0.05) is 24.6 Å². The number of rotatable bonds is 5. The predicted molar refractivity (Wildman–Crippen MR) is 106 cm³/mol. The molecule has 0 bridgehead atoms. The molecule has 0 saturated heterocycles. The third-order valence-corrected chi connectivity index (χ3v) is 7.27. The summed E-state index contributed by atoms with van der Waals surface area (Å²) in [4.78, 5) is 18.8. The lowest BCUT2D eigenvalue weighted by atomic mass is 9.85. The summed E-state index contributed by atoms with van der Waals surface area (Å²) in [6, 6.07) is 0. The molecule has 5 nitrogen and oxygen atoms in total. The molecule has 27 heavy (non-hydrogen) atoms. The molecule has 0 aromatic carbocycles. The van der Waals surface area contributed by atoms with E-state index in [1.165, 1.54) is 23.3 Å². The number of hydrogen-bond acceptors (Lipinski definition) is 5. The molecule has 1 N–H and O–H groups in total. The number of thiophene rings is 1. The summed E-state index contributed by atoms with van der Waals surface area (Å²) in [7, 11) is 0. The van der Waals surface area contributed by atoms with Gasteiger partial charge in [-0.2, -0.15) is 4.98 Å². The van der Waals surface area contributed by atoms with E-state index in [0.29, 0.717) is 11.8 Å². The normalized spacial score (nSPS) is 21.8. The zero-order chi connectivity index (χ0) is 18.4. The smallest absolute Gasteiger partial charge is 0.261 e. The molecule has 0 spiro atoms. The second-order valence-corrected chi connectivity index (χ2v) is 9.14. The van der Waals surface area contributed by atoms with Crippen LogP contribution in [0.1, 0.15) is 74.1 Å². The van der Waals surface area contributed by atoms with Crippen molar-refractivity contribution in [1.29, 1.82) is 0 Å². The average Bonchev–Trinajstić information content (AvgIpc) is 3.10. The Kier molecular flexibility index (Phi) is 4.38. The fraction of sp³-hybridized carbons (Fsp3) is 0.571. The quantitative estimate of drug-likeness (QED) is 0.767. The minimum absolute atomic E-state index is 0.0290. The number of carbonyl (C=O) groups excluding carboxylic acids is 1. The molecule has 2 heterocycles. The molecule has 2 aromatic heterocycles. The van der Waals surface area contributed by atoms with E-state index in [0.717, 1.165) is 72.8 Å². The van der Waals surface area contributed by atoms with Gasteiger partial charge in [0, 0.05) is 16.4 Å². The number of fused-ring (bicyclic) bond motifs is 1. The Labute approximate surface area is 163 Å². The minimum Gasteiger partial charge on any atom is -0.334 e. The number of hydrogen-bond donors (Lipinski definition) is 1. The summed E-state index contributed by atoms with van der Waals surface area (Å²) in [5.41, 5.74) is 3.20. The van der Waals surface area contributed by atoms with E-state index >= 15 is 0 Å². The van der Waals surface area contributed by atoms with Crippen LogP contribution in [0.5, 0.6) is 0 Å². The van der Waals surface area contributed by atoms with Gasteiger partial charge in [-0.15, -0.1) is 11.3 Å². The molecule has 0 radical (unpaired) electrons. The first-order valence-electron chi connectivity index (χ1n) is 10.2. The van der Waals surface area contributed by atoms with Crippen LogP contribution in [0.15, 0.2) is 16.2 Å². The summed E-state index contributed by atoms with van der Waals surface area (Å²) in [5, 5.41) is 8.27. The first-order valence-corrected chi connectivity index (χ1v) is 11.0. The second-order valence-electron chi connectivity index (χ2n) is 8.03. The Morgan fingerprint density at radius 1 is 1.33 bits per heavy atom. The molecule has 1 atom stereocenters. The molecule has 1 fully saturated rings. The van der Waals surface area contributed by atoms with Crippen LogP contribution in [-0.2, 0) is 17.6 Å². The fourth-order valence-corrected chi connectivity index (χ4v) is 5.57. The van der Waals surface area contributed by atoms with Crippen molar-refractivity contribution in [2.75, 3.05) is 5.32 Å². The summed E-state index contributed by atoms with van der Waals surface area (Å²) < 4.78 is 5.66. The number of nitrogens with one attached hydrogen (secondary N) is 1. The molecule has 2 aromatic rings. The molecule has 1 saturated carbocycles. The van der Waals surface area contributed by atoms with Crippen LogP contribution in [0.2, 0.25) is 0 Å². The third kappa shape index (κ3) is 3.24. The van der Waals surface area contributed by atoms with Gasteiger partial charge in [-0.3, -0.25) is 4.79 Å². The largest absolute Gasteiger partial charge is 0.334 e. The van der Waals surface area contributed by atoms with Crippen LogP contribution >= 0.6 is 11.3 Å². The Hall–Kier alpha value is -1.95. The highest BCUT2D eigenvalue weighted by Gasteiger charge is 2.33. The van der Waals surface area contributed by atoms with Gasteiger partial charge in [0.05, 0.1) is 5.56 Å². The van der Waals surface area contributed by atoms with E-state index in [1.54, 1.807) is 11.3 Å². The van der Waals surface area contributed by atoms with Gasteiger partial charge in [0.25, 0.3) is 11.8 Å². The van der Waals surface area contributed by atoms with Crippen LogP contribution in [0.25, 0.3) is 11.5 Å². The Morgan fingerprint density at radius 2 is 2.22 bits per heavy atom. The van der Waals surface area contributed by atoms with Gasteiger partial charge in [0.2, 0.25) is 0 Å². The van der Waals surface area contributed by atoms with Gasteiger partial charge in [0.15, 0.2) is 5.82 Å². The van der Waals surface area contributed by atoms with Crippen LogP contribution in [0.4, 0.5) is 5.00 Å². The second kappa shape index (κ2) is 6.89. The lowest BCUT2D eigenvalue weighted by Crippen LogP contribution is -2.13. The van der Waals surface area contributed by atoms with Crippen molar-refractivity contribution in [3.05, 3.63) is 27.9 Å². The highest BCUT2D eigenvalue weighted by molar-refractivity contribution is 7.17. The maximum Gasteiger partial charge on any atom is 0.261 e. The molecule has 3 aliphatic rings. The van der Waals surface area contributed by atoms with E-state index in [-0.39, 0.29) is 5.91 Å². The fourth-order valence-electron chi connectivity index (χ4n) is 4.22. The summed E-state index contributed by atoms with van der Waals surface area (Å²) >= 11 is 1.71. The van der Waals surface area contributed by atoms with Gasteiger partial charge in [0.1, 0.15) is 5.00 Å². The molecule has 5 rings (SSSR count). The monoisotopic (exact) mass is 383 g/mol. The van der Waals surface area contributed by atoms with Crippen LogP contribution in [0, 0.1) is 5.92 Å². The molecule has 0 aliphatic heterocycles. The SMILES string of the molecule is CC[C@H]1CCc2c(sc(NC(=O)C3=CCCC3)c2-c2nc(C3CC3)no2)C1. The summed E-state index contributed by atoms with van der Waals surface area (Å²) in [6.45, 7) is 2.26. The zero-order valence-corrected chi connectivity index (χ0v) is 16.5. The van der Waals surface area contributed by atoms with Gasteiger partial charge < -0.3 is 9.84 Å². The Bertz CT molecular complexity index is 907. The number of nitrogens with zero attached hydrogens (tertiary/aromatic N) is 2. The number of carbonyl (C=O) groups is 1. The van der Waals surface area contributed by atoms with E-state index in [1.807, 2.05) is 0 Å². The maximum atomic E-state index is 12.7. The van der Waals surface area contributed by atoms with Crippen molar-refractivity contribution in [3.8, 4) is 11.5 Å². The average molecular weight is 384 g/mol. The van der Waals surface area contributed by atoms with Crippen LogP contribution in [-0.4, -0.2) is 16.0 Å². The first kappa shape index (κ1) is 17.2. The first-order chi connectivity index (χ1) is 13.2. The lowest BCUT2D eigenvalue weighted by Gasteiger charge is -2.20. The minimum atomic E-state index is 0.0290. The lowest BCUT2D eigenvalue weighted by molar-refractivity contribution is -0.112. The number of allylic oxidation sites excluding steroid dienone is 1. The Morgan fingerprint density at radius 3 is 2.96 bits per heavy atom. The predicted octanol–water partition coefficient (Wildman–Crippen LogP) is 5.24. The van der Waals surface area contributed by atoms with Gasteiger partial charge in [-0.25, -0.2) is 0 Å². The highest BCUT2D eigenvalue weighted by Crippen LogP contribution is 2.46. The molecule has 3 aliphatic carbocycles. The molecular formula is C21H25N3O2S. The zero-order valence-electron chi connectivity index (χ0n) is 15.7. The Balaban J connectivity index is 1.52. The third-order valence-electron chi connectivity index (χ3n) is 6.10. The summed E-state index contributed by atoms with van der Waals surface area (Å²) in [6.07, 6.45) is 11.8. The number of aromatic nitrogens is 2. The van der Waals surface area contributed by atoms with Crippen molar-refractivity contribution in [2.24, 2.45) is 5.92 Å². The molecule has 6 heteroatoms. The van der Waals surface area contributed by atoms with E-state index in [4.69, 9.17) is 9.51 Å². The maximum absolute atomic E-state index is 12.7. The molecule has 0 unspecified atom stereocenters. The van der Waals surface area contributed by atoms with Crippen molar-refractivity contribution >= 4 is 22.2 Å². The number of amides is 1. The molecular weight excluding hydrogens is 358 g/mol. The standard InChI is InChI=1S/C21H25N3O2S/c1-2-12-7-10-15-16(11-12)27-21(23-19(25)14-5-3-4-6-14)17(15)20-22-18(24-26-20)13-8-9-13/h5,12-13H,2-4,6-11H2,1H3,(H,23,25)/t12-/m0/s1. The molecule has 142 valence electrons. The van der Waals surface area contributed by atoms with E-state index in [2.05, 4.69) is 23.5 Å². The van der Waals surface area contributed by atoms with Crippen molar-refractivity contribution in [3.63, 3.8) is 0 Å². The van der Waals surface area contributed by atoms with Crippen LogP contribution < -0.4 is 5.32 Å². The van der Waals surface area contributed by atoms with E-state index in [9.17, 15) is 4.79 Å². The van der Waals surface area contributed by atoms with Crippen molar-refractivity contribution < 1.29 is 9.32 Å². The number of anilines is 1. The highest BCUT2D eigenvalue weighted by atomic mass is 32.1. The summed E-state index contributed by atoms with van der Waals surface area (Å²) in [5.74, 6) is 2.63. The van der Waals surface area contributed by atoms with E-state index < -0.39 is 0 Å². The van der Waals surface area contributed by atoms with Gasteiger partial charge in [-0.05, 0) is 62.8 Å². The van der Waals surface area contributed by atoms with Crippen molar-refractivity contribution in [1.82, 2.24) is 10.1 Å².